The molecule has 0 spiro atoms. The molecule has 0 unspecified atom stereocenters. The highest BCUT2D eigenvalue weighted by Crippen LogP contribution is 2.44. The van der Waals surface area contributed by atoms with Crippen LogP contribution in [0, 0.1) is 0 Å². The SMILES string of the molecule is C[C@@H](N)c1ccc(-c2c(-c3ccccc3)nc3n2-c2cccnc2Nc2ccccc2-3)cc1. The largest absolute Gasteiger partial charge is 0.338 e. The molecule has 3 N–H and O–H groups in total. The molecule has 33 heavy (non-hydrogen) atoms. The predicted molar refractivity (Wildman–Crippen MR) is 134 cm³/mol. The summed E-state index contributed by atoms with van der Waals surface area (Å²) in [7, 11) is 0. The molecule has 0 saturated heterocycles. The predicted octanol–water partition coefficient (Wildman–Crippen LogP) is 6.35. The zero-order valence-corrected chi connectivity index (χ0v) is 18.2. The van der Waals surface area contributed by atoms with Crippen molar-refractivity contribution in [3.05, 3.63) is 103 Å². The van der Waals surface area contributed by atoms with E-state index in [0.717, 1.165) is 56.7 Å². The molecule has 5 nitrogen and oxygen atoms in total. The summed E-state index contributed by atoms with van der Waals surface area (Å²) in [6, 6.07) is 31.1. The Balaban J connectivity index is 1.72. The van der Waals surface area contributed by atoms with Gasteiger partial charge in [-0.1, -0.05) is 66.7 Å². The van der Waals surface area contributed by atoms with Gasteiger partial charge in [-0.25, -0.2) is 9.97 Å². The number of imidazole rings is 1. The number of para-hydroxylation sites is 1. The van der Waals surface area contributed by atoms with Crippen LogP contribution in [0.25, 0.3) is 39.6 Å². The normalized spacial score (nSPS) is 12.7. The van der Waals surface area contributed by atoms with Crippen molar-refractivity contribution in [2.75, 3.05) is 5.32 Å². The van der Waals surface area contributed by atoms with Crippen molar-refractivity contribution < 1.29 is 0 Å². The zero-order valence-electron chi connectivity index (χ0n) is 18.2. The van der Waals surface area contributed by atoms with E-state index in [-0.39, 0.29) is 6.04 Å². The van der Waals surface area contributed by atoms with Crippen molar-refractivity contribution in [1.29, 1.82) is 0 Å². The fraction of sp³-hybridized carbons (Fsp3) is 0.0714. The third-order valence-electron chi connectivity index (χ3n) is 6.08. The molecule has 1 atom stereocenters. The number of aromatic nitrogens is 3. The van der Waals surface area contributed by atoms with Crippen LogP contribution in [0.4, 0.5) is 11.5 Å². The van der Waals surface area contributed by atoms with Crippen LogP contribution in [0.1, 0.15) is 18.5 Å². The average molecular weight is 430 g/mol. The first-order valence-corrected chi connectivity index (χ1v) is 11.1. The second-order valence-electron chi connectivity index (χ2n) is 8.29. The molecule has 160 valence electrons. The topological polar surface area (TPSA) is 68.8 Å². The van der Waals surface area contributed by atoms with Crippen LogP contribution in [0.3, 0.4) is 0 Å². The van der Waals surface area contributed by atoms with E-state index in [2.05, 4.69) is 69.5 Å². The van der Waals surface area contributed by atoms with Crippen molar-refractivity contribution in [1.82, 2.24) is 14.5 Å². The van der Waals surface area contributed by atoms with E-state index in [1.807, 2.05) is 49.5 Å². The van der Waals surface area contributed by atoms with E-state index in [1.54, 1.807) is 0 Å². The van der Waals surface area contributed by atoms with E-state index in [9.17, 15) is 0 Å². The summed E-state index contributed by atoms with van der Waals surface area (Å²) >= 11 is 0. The van der Waals surface area contributed by atoms with E-state index in [4.69, 9.17) is 10.7 Å². The van der Waals surface area contributed by atoms with Gasteiger partial charge in [-0.15, -0.1) is 0 Å². The maximum absolute atomic E-state index is 6.12. The third kappa shape index (κ3) is 3.22. The lowest BCUT2D eigenvalue weighted by Gasteiger charge is -2.14. The maximum atomic E-state index is 6.12. The number of nitrogens with two attached hydrogens (primary N) is 1. The standard InChI is InChI=1S/C28H23N5/c1-18(29)19-13-15-21(16-14-19)26-25(20-8-3-2-4-9-20)32-28-22-10-5-6-11-23(22)31-27-24(33(26)28)12-7-17-30-27/h2-18H,29H2,1H3,(H,30,31)/t18-/m1/s1. The zero-order chi connectivity index (χ0) is 22.4. The van der Waals surface area contributed by atoms with Crippen LogP contribution in [-0.4, -0.2) is 14.5 Å². The second kappa shape index (κ2) is 7.73. The Morgan fingerprint density at radius 1 is 0.818 bits per heavy atom. The molecule has 1 aliphatic heterocycles. The van der Waals surface area contributed by atoms with Crippen molar-refractivity contribution in [3.8, 4) is 39.6 Å². The molecule has 3 heterocycles. The lowest BCUT2D eigenvalue weighted by atomic mass is 10.0. The van der Waals surface area contributed by atoms with Crippen molar-refractivity contribution >= 4 is 11.5 Å². The monoisotopic (exact) mass is 429 g/mol. The molecule has 0 radical (unpaired) electrons. The Morgan fingerprint density at radius 2 is 1.58 bits per heavy atom. The molecular formula is C28H23N5. The van der Waals surface area contributed by atoms with Crippen molar-refractivity contribution in [2.45, 2.75) is 13.0 Å². The van der Waals surface area contributed by atoms with Gasteiger partial charge in [-0.2, -0.15) is 0 Å². The number of nitrogens with one attached hydrogen (secondary N) is 1. The average Bonchev–Trinajstić information content (AvgIpc) is 3.19. The number of nitrogens with zero attached hydrogens (tertiary/aromatic N) is 3. The number of hydrogen-bond acceptors (Lipinski definition) is 4. The molecule has 5 heteroatoms. The van der Waals surface area contributed by atoms with E-state index >= 15 is 0 Å². The molecule has 6 rings (SSSR count). The molecule has 1 aliphatic rings. The Labute approximate surface area is 192 Å². The Morgan fingerprint density at radius 3 is 2.36 bits per heavy atom. The summed E-state index contributed by atoms with van der Waals surface area (Å²) in [6.07, 6.45) is 1.81. The Bertz CT molecular complexity index is 1450. The lowest BCUT2D eigenvalue weighted by Crippen LogP contribution is -2.05. The number of pyridine rings is 1. The van der Waals surface area contributed by atoms with Gasteiger partial charge < -0.3 is 11.1 Å². The quantitative estimate of drug-likeness (QED) is 0.344. The summed E-state index contributed by atoms with van der Waals surface area (Å²) in [5, 5.41) is 3.51. The lowest BCUT2D eigenvalue weighted by molar-refractivity contribution is 0.818. The van der Waals surface area contributed by atoms with Gasteiger partial charge in [0.15, 0.2) is 5.82 Å². The number of anilines is 2. The van der Waals surface area contributed by atoms with Gasteiger partial charge in [0.25, 0.3) is 0 Å². The maximum Gasteiger partial charge on any atom is 0.154 e. The molecule has 0 aliphatic carbocycles. The number of fused-ring (bicyclic) bond motifs is 5. The number of benzene rings is 3. The fourth-order valence-electron chi connectivity index (χ4n) is 4.43. The van der Waals surface area contributed by atoms with Crippen LogP contribution < -0.4 is 11.1 Å². The Kier molecular flexibility index (Phi) is 4.56. The summed E-state index contributed by atoms with van der Waals surface area (Å²) in [5.74, 6) is 1.68. The van der Waals surface area contributed by atoms with Gasteiger partial charge >= 0.3 is 0 Å². The molecule has 3 aromatic carbocycles. The summed E-state index contributed by atoms with van der Waals surface area (Å²) in [5.41, 5.74) is 14.3. The first-order valence-electron chi connectivity index (χ1n) is 11.1. The van der Waals surface area contributed by atoms with E-state index < -0.39 is 0 Å². The van der Waals surface area contributed by atoms with E-state index in [0.29, 0.717) is 0 Å². The highest BCUT2D eigenvalue weighted by Gasteiger charge is 2.27. The number of hydrogen-bond donors (Lipinski definition) is 2. The van der Waals surface area contributed by atoms with Crippen LogP contribution >= 0.6 is 0 Å². The first-order chi connectivity index (χ1) is 16.2. The second-order valence-corrected chi connectivity index (χ2v) is 8.29. The van der Waals surface area contributed by atoms with Crippen molar-refractivity contribution in [3.63, 3.8) is 0 Å². The minimum atomic E-state index is -0.0174. The van der Waals surface area contributed by atoms with Gasteiger partial charge in [0.1, 0.15) is 5.82 Å². The van der Waals surface area contributed by atoms with Crippen LogP contribution in [-0.2, 0) is 0 Å². The summed E-state index contributed by atoms with van der Waals surface area (Å²) < 4.78 is 2.23. The minimum Gasteiger partial charge on any atom is -0.338 e. The number of rotatable bonds is 3. The minimum absolute atomic E-state index is 0.0174. The molecular weight excluding hydrogens is 406 g/mol. The highest BCUT2D eigenvalue weighted by molar-refractivity contribution is 5.90. The summed E-state index contributed by atoms with van der Waals surface area (Å²) in [4.78, 5) is 9.88. The third-order valence-corrected chi connectivity index (χ3v) is 6.08. The van der Waals surface area contributed by atoms with Gasteiger partial charge in [0.05, 0.1) is 22.8 Å². The highest BCUT2D eigenvalue weighted by atomic mass is 15.2. The summed E-state index contributed by atoms with van der Waals surface area (Å²) in [6.45, 7) is 2.00. The Hall–Kier alpha value is -4.22. The smallest absolute Gasteiger partial charge is 0.154 e. The first kappa shape index (κ1) is 19.5. The van der Waals surface area contributed by atoms with Gasteiger partial charge in [0, 0.05) is 28.9 Å². The molecule has 0 fully saturated rings. The molecule has 5 aromatic rings. The fourth-order valence-corrected chi connectivity index (χ4v) is 4.43. The molecule has 0 amide bonds. The van der Waals surface area contributed by atoms with Crippen LogP contribution in [0.5, 0.6) is 0 Å². The van der Waals surface area contributed by atoms with Gasteiger partial charge in [0.2, 0.25) is 0 Å². The van der Waals surface area contributed by atoms with Crippen LogP contribution in [0.2, 0.25) is 0 Å². The van der Waals surface area contributed by atoms with Gasteiger partial charge in [-0.3, -0.25) is 4.57 Å². The van der Waals surface area contributed by atoms with Crippen LogP contribution in [0.15, 0.2) is 97.2 Å². The van der Waals surface area contributed by atoms with Crippen molar-refractivity contribution in [2.24, 2.45) is 5.73 Å². The molecule has 2 aromatic heterocycles. The van der Waals surface area contributed by atoms with E-state index in [1.165, 1.54) is 0 Å². The molecule has 0 bridgehead atoms. The van der Waals surface area contributed by atoms with Gasteiger partial charge in [-0.05, 0) is 36.8 Å². The molecule has 0 saturated carbocycles.